The van der Waals surface area contributed by atoms with Gasteiger partial charge in [0.05, 0.1) is 5.52 Å². The lowest BCUT2D eigenvalue weighted by Gasteiger charge is -2.00. The van der Waals surface area contributed by atoms with Gasteiger partial charge < -0.3 is 0 Å². The molecule has 0 saturated carbocycles. The molecule has 0 atom stereocenters. The van der Waals surface area contributed by atoms with E-state index < -0.39 is 0 Å². The van der Waals surface area contributed by atoms with E-state index in [0.717, 1.165) is 27.0 Å². The number of rotatable bonds is 1. The van der Waals surface area contributed by atoms with Crippen LogP contribution in [0.25, 0.3) is 21.9 Å². The Morgan fingerprint density at radius 2 is 1.87 bits per heavy atom. The van der Waals surface area contributed by atoms with Crippen LogP contribution in [0.1, 0.15) is 0 Å². The number of thioether (sulfide) groups is 1. The second-order valence-corrected chi connectivity index (χ2v) is 3.86. The molecule has 3 aromatic rings. The molecule has 2 aromatic heterocycles. The molecule has 0 saturated heterocycles. The molecule has 1 aromatic carbocycles. The van der Waals surface area contributed by atoms with Crippen molar-refractivity contribution in [2.75, 3.05) is 6.26 Å². The second-order valence-electron chi connectivity index (χ2n) is 3.06. The smallest absolute Gasteiger partial charge is 0.117 e. The number of fused-ring (bicyclic) bond motifs is 2. The summed E-state index contributed by atoms with van der Waals surface area (Å²) in [5.74, 6) is 0. The zero-order chi connectivity index (χ0) is 10.3. The minimum atomic E-state index is 0.827. The standard InChI is InChI=1S/C9H7N5S/c1-15-9-5-2-7-8(13-14-12-7)3-6(5)10-4-11-9/h2-4H,1H3,(H,12,13,14). The fourth-order valence-electron chi connectivity index (χ4n) is 1.53. The SMILES string of the molecule is CSc1ncnc2cc3n[nH]nc3cc12. The number of nitrogens with zero attached hydrogens (tertiary/aromatic N) is 4. The Morgan fingerprint density at radius 3 is 2.67 bits per heavy atom. The lowest BCUT2D eigenvalue weighted by atomic mass is 10.2. The molecular formula is C9H7N5S. The van der Waals surface area contributed by atoms with Crippen LogP contribution in [0.5, 0.6) is 0 Å². The molecule has 6 heteroatoms. The molecule has 0 fully saturated rings. The van der Waals surface area contributed by atoms with Gasteiger partial charge in [-0.05, 0) is 18.4 Å². The van der Waals surface area contributed by atoms with Gasteiger partial charge in [-0.2, -0.15) is 15.4 Å². The Kier molecular flexibility index (Phi) is 1.81. The summed E-state index contributed by atoms with van der Waals surface area (Å²) in [5, 5.41) is 12.6. The normalized spacial score (nSPS) is 11.3. The number of aromatic nitrogens is 5. The summed E-state index contributed by atoms with van der Waals surface area (Å²) in [7, 11) is 0. The van der Waals surface area contributed by atoms with E-state index in [4.69, 9.17) is 0 Å². The average Bonchev–Trinajstić information content (AvgIpc) is 2.72. The zero-order valence-electron chi connectivity index (χ0n) is 7.93. The molecule has 3 rings (SSSR count). The summed E-state index contributed by atoms with van der Waals surface area (Å²) in [5.41, 5.74) is 2.57. The van der Waals surface area contributed by atoms with Gasteiger partial charge in [0.25, 0.3) is 0 Å². The first kappa shape index (κ1) is 8.60. The molecule has 0 spiro atoms. The van der Waals surface area contributed by atoms with E-state index in [0.29, 0.717) is 0 Å². The largest absolute Gasteiger partial charge is 0.236 e. The molecule has 0 bridgehead atoms. The Balaban J connectivity index is 2.48. The maximum absolute atomic E-state index is 4.21. The Morgan fingerprint density at radius 1 is 1.07 bits per heavy atom. The van der Waals surface area contributed by atoms with Crippen LogP contribution < -0.4 is 0 Å². The maximum Gasteiger partial charge on any atom is 0.117 e. The van der Waals surface area contributed by atoms with Crippen molar-refractivity contribution in [3.05, 3.63) is 18.5 Å². The summed E-state index contributed by atoms with van der Waals surface area (Å²) in [6.07, 6.45) is 3.56. The first-order valence-electron chi connectivity index (χ1n) is 4.38. The highest BCUT2D eigenvalue weighted by Crippen LogP contribution is 2.25. The number of benzene rings is 1. The van der Waals surface area contributed by atoms with Gasteiger partial charge in [-0.15, -0.1) is 11.8 Å². The summed E-state index contributed by atoms with van der Waals surface area (Å²) >= 11 is 1.60. The van der Waals surface area contributed by atoms with Crippen LogP contribution in [0, 0.1) is 0 Å². The van der Waals surface area contributed by atoms with E-state index in [1.165, 1.54) is 0 Å². The minimum Gasteiger partial charge on any atom is -0.236 e. The van der Waals surface area contributed by atoms with Crippen LogP contribution in [-0.2, 0) is 0 Å². The van der Waals surface area contributed by atoms with Crippen LogP contribution in [-0.4, -0.2) is 31.6 Å². The highest BCUT2D eigenvalue weighted by Gasteiger charge is 2.06. The van der Waals surface area contributed by atoms with Crippen LogP contribution in [0.3, 0.4) is 0 Å². The van der Waals surface area contributed by atoms with Crippen LogP contribution >= 0.6 is 11.8 Å². The summed E-state index contributed by atoms with van der Waals surface area (Å²) in [4.78, 5) is 8.42. The fraction of sp³-hybridized carbons (Fsp3) is 0.111. The average molecular weight is 217 g/mol. The van der Waals surface area contributed by atoms with E-state index in [9.17, 15) is 0 Å². The minimum absolute atomic E-state index is 0.827. The Hall–Kier alpha value is -1.69. The third-order valence-electron chi connectivity index (χ3n) is 2.23. The van der Waals surface area contributed by atoms with Crippen molar-refractivity contribution in [1.29, 1.82) is 0 Å². The van der Waals surface area contributed by atoms with Gasteiger partial charge in [-0.25, -0.2) is 9.97 Å². The van der Waals surface area contributed by atoms with E-state index in [1.807, 2.05) is 18.4 Å². The number of H-pyrrole nitrogens is 1. The molecular weight excluding hydrogens is 210 g/mol. The number of hydrogen-bond acceptors (Lipinski definition) is 5. The van der Waals surface area contributed by atoms with E-state index in [2.05, 4.69) is 25.4 Å². The van der Waals surface area contributed by atoms with E-state index in [-0.39, 0.29) is 0 Å². The van der Waals surface area contributed by atoms with Gasteiger partial charge in [0.15, 0.2) is 0 Å². The van der Waals surface area contributed by atoms with E-state index in [1.54, 1.807) is 18.1 Å². The highest BCUT2D eigenvalue weighted by atomic mass is 32.2. The van der Waals surface area contributed by atoms with Crippen LogP contribution in [0.4, 0.5) is 0 Å². The summed E-state index contributed by atoms with van der Waals surface area (Å²) in [6.45, 7) is 0. The molecule has 0 unspecified atom stereocenters. The van der Waals surface area contributed by atoms with Gasteiger partial charge >= 0.3 is 0 Å². The third-order valence-corrected chi connectivity index (χ3v) is 2.94. The van der Waals surface area contributed by atoms with Gasteiger partial charge in [0.2, 0.25) is 0 Å². The molecule has 1 N–H and O–H groups in total. The summed E-state index contributed by atoms with van der Waals surface area (Å²) < 4.78 is 0. The molecule has 0 aliphatic rings. The molecule has 0 radical (unpaired) electrons. The predicted molar refractivity (Wildman–Crippen MR) is 58.8 cm³/mol. The molecule has 15 heavy (non-hydrogen) atoms. The lowest BCUT2D eigenvalue weighted by molar-refractivity contribution is 0.959. The van der Waals surface area contributed by atoms with Crippen LogP contribution in [0.15, 0.2) is 23.5 Å². The number of nitrogens with one attached hydrogen (secondary N) is 1. The first-order chi connectivity index (χ1) is 7.38. The molecule has 0 aliphatic heterocycles. The monoisotopic (exact) mass is 217 g/mol. The lowest BCUT2D eigenvalue weighted by Crippen LogP contribution is -1.86. The molecule has 5 nitrogen and oxygen atoms in total. The number of aromatic amines is 1. The van der Waals surface area contributed by atoms with Crippen molar-refractivity contribution in [1.82, 2.24) is 25.4 Å². The highest BCUT2D eigenvalue weighted by molar-refractivity contribution is 7.98. The van der Waals surface area contributed by atoms with Gasteiger partial charge in [-0.1, -0.05) is 0 Å². The predicted octanol–water partition coefficient (Wildman–Crippen LogP) is 1.62. The van der Waals surface area contributed by atoms with Crippen LogP contribution in [0.2, 0.25) is 0 Å². The molecule has 2 heterocycles. The van der Waals surface area contributed by atoms with Crippen molar-refractivity contribution in [2.45, 2.75) is 5.03 Å². The Bertz CT molecular complexity index is 633. The summed E-state index contributed by atoms with van der Waals surface area (Å²) in [6, 6.07) is 3.87. The third kappa shape index (κ3) is 1.25. The van der Waals surface area contributed by atoms with Gasteiger partial charge in [0, 0.05) is 5.39 Å². The van der Waals surface area contributed by atoms with Crippen molar-refractivity contribution in [3.63, 3.8) is 0 Å². The van der Waals surface area contributed by atoms with Gasteiger partial charge in [-0.3, -0.25) is 0 Å². The maximum atomic E-state index is 4.21. The first-order valence-corrected chi connectivity index (χ1v) is 5.60. The topological polar surface area (TPSA) is 67.3 Å². The number of hydrogen-bond donors (Lipinski definition) is 1. The van der Waals surface area contributed by atoms with Crippen molar-refractivity contribution in [3.8, 4) is 0 Å². The molecule has 0 amide bonds. The van der Waals surface area contributed by atoms with E-state index >= 15 is 0 Å². The Labute approximate surface area is 89.3 Å². The van der Waals surface area contributed by atoms with Crippen molar-refractivity contribution in [2.24, 2.45) is 0 Å². The van der Waals surface area contributed by atoms with Crippen molar-refractivity contribution >= 4 is 33.7 Å². The zero-order valence-corrected chi connectivity index (χ0v) is 8.75. The molecule has 0 aliphatic carbocycles. The van der Waals surface area contributed by atoms with Gasteiger partial charge in [0.1, 0.15) is 22.4 Å². The fourth-order valence-corrected chi connectivity index (χ4v) is 2.07. The van der Waals surface area contributed by atoms with Crippen molar-refractivity contribution < 1.29 is 0 Å². The second kappa shape index (κ2) is 3.16. The quantitative estimate of drug-likeness (QED) is 0.495. The molecule has 74 valence electrons.